The summed E-state index contributed by atoms with van der Waals surface area (Å²) in [6, 6.07) is 1.57. The standard InChI is InChI=1S/C11H18N4O3/c1-11(2,3)13-9(16)7-18-10(17)6-15-5-4-8(12)14-15/h4-5H,6-7H2,1-3H3,(H2,12,14)(H,13,16). The molecule has 0 aliphatic carbocycles. The number of carbonyl (C=O) groups excluding carboxylic acids is 2. The number of rotatable bonds is 4. The van der Waals surface area contributed by atoms with Gasteiger partial charge in [0.15, 0.2) is 6.61 Å². The first-order chi connectivity index (χ1) is 8.26. The summed E-state index contributed by atoms with van der Waals surface area (Å²) in [4.78, 5) is 22.8. The summed E-state index contributed by atoms with van der Waals surface area (Å²) >= 11 is 0. The van der Waals surface area contributed by atoms with E-state index in [0.29, 0.717) is 5.82 Å². The van der Waals surface area contributed by atoms with Crippen molar-refractivity contribution in [2.24, 2.45) is 0 Å². The van der Waals surface area contributed by atoms with Crippen LogP contribution >= 0.6 is 0 Å². The van der Waals surface area contributed by atoms with Gasteiger partial charge in [-0.25, -0.2) is 0 Å². The lowest BCUT2D eigenvalue weighted by Gasteiger charge is -2.20. The van der Waals surface area contributed by atoms with Crippen LogP contribution < -0.4 is 11.1 Å². The third-order valence-electron chi connectivity index (χ3n) is 1.83. The molecule has 0 aliphatic rings. The second-order valence-corrected chi connectivity index (χ2v) is 4.90. The molecule has 3 N–H and O–H groups in total. The van der Waals surface area contributed by atoms with Crippen LogP contribution in [-0.4, -0.2) is 33.8 Å². The minimum absolute atomic E-state index is 0.0694. The number of hydrogen-bond acceptors (Lipinski definition) is 5. The third kappa shape index (κ3) is 5.33. The van der Waals surface area contributed by atoms with Gasteiger partial charge in [-0.2, -0.15) is 5.10 Å². The van der Waals surface area contributed by atoms with E-state index in [9.17, 15) is 9.59 Å². The zero-order chi connectivity index (χ0) is 13.8. The van der Waals surface area contributed by atoms with E-state index in [2.05, 4.69) is 10.4 Å². The molecule has 0 saturated carbocycles. The average Bonchev–Trinajstić information content (AvgIpc) is 2.58. The third-order valence-corrected chi connectivity index (χ3v) is 1.83. The molecule has 7 heteroatoms. The number of anilines is 1. The van der Waals surface area contributed by atoms with Crippen LogP contribution in [0, 0.1) is 0 Å². The summed E-state index contributed by atoms with van der Waals surface area (Å²) in [5.41, 5.74) is 5.05. The molecule has 0 spiro atoms. The van der Waals surface area contributed by atoms with Crippen molar-refractivity contribution in [2.75, 3.05) is 12.3 Å². The van der Waals surface area contributed by atoms with Gasteiger partial charge in [-0.1, -0.05) is 0 Å². The summed E-state index contributed by atoms with van der Waals surface area (Å²) in [5.74, 6) is -0.550. The Morgan fingerprint density at radius 1 is 1.50 bits per heavy atom. The van der Waals surface area contributed by atoms with Crippen LogP contribution in [0.5, 0.6) is 0 Å². The van der Waals surface area contributed by atoms with Gasteiger partial charge in [-0.15, -0.1) is 0 Å². The highest BCUT2D eigenvalue weighted by Gasteiger charge is 2.15. The van der Waals surface area contributed by atoms with Crippen molar-refractivity contribution < 1.29 is 14.3 Å². The van der Waals surface area contributed by atoms with Crippen LogP contribution in [0.3, 0.4) is 0 Å². The summed E-state index contributed by atoms with van der Waals surface area (Å²) in [6.07, 6.45) is 1.56. The maximum Gasteiger partial charge on any atom is 0.328 e. The lowest BCUT2D eigenvalue weighted by atomic mass is 10.1. The van der Waals surface area contributed by atoms with Crippen molar-refractivity contribution in [2.45, 2.75) is 32.9 Å². The van der Waals surface area contributed by atoms with Crippen LogP contribution in [0.25, 0.3) is 0 Å². The highest BCUT2D eigenvalue weighted by molar-refractivity contribution is 5.80. The second-order valence-electron chi connectivity index (χ2n) is 4.90. The maximum absolute atomic E-state index is 11.4. The number of nitrogens with zero attached hydrogens (tertiary/aromatic N) is 2. The minimum atomic E-state index is -0.540. The number of ether oxygens (including phenoxy) is 1. The summed E-state index contributed by atoms with van der Waals surface area (Å²) in [5, 5.41) is 6.51. The Labute approximate surface area is 105 Å². The Kier molecular flexibility index (Phi) is 4.30. The first-order valence-electron chi connectivity index (χ1n) is 5.52. The Morgan fingerprint density at radius 2 is 2.17 bits per heavy atom. The van der Waals surface area contributed by atoms with Gasteiger partial charge in [-0.3, -0.25) is 14.3 Å². The molecule has 0 atom stereocenters. The van der Waals surface area contributed by atoms with Gasteiger partial charge in [-0.05, 0) is 26.8 Å². The van der Waals surface area contributed by atoms with Gasteiger partial charge < -0.3 is 15.8 Å². The topological polar surface area (TPSA) is 99.2 Å². The van der Waals surface area contributed by atoms with Crippen LogP contribution in [0.15, 0.2) is 12.3 Å². The molecule has 1 aromatic rings. The molecular formula is C11H18N4O3. The van der Waals surface area contributed by atoms with Crippen LogP contribution in [0.2, 0.25) is 0 Å². The van der Waals surface area contributed by atoms with Crippen molar-refractivity contribution in [3.8, 4) is 0 Å². The van der Waals surface area contributed by atoms with Gasteiger partial charge in [0.25, 0.3) is 5.91 Å². The second kappa shape index (κ2) is 5.52. The predicted octanol–water partition coefficient (Wildman–Crippen LogP) is -0.0768. The van der Waals surface area contributed by atoms with E-state index in [-0.39, 0.29) is 24.6 Å². The number of amides is 1. The molecule has 18 heavy (non-hydrogen) atoms. The van der Waals surface area contributed by atoms with Crippen molar-refractivity contribution in [1.82, 2.24) is 15.1 Å². The van der Waals surface area contributed by atoms with Gasteiger partial charge in [0.05, 0.1) is 0 Å². The van der Waals surface area contributed by atoms with Gasteiger partial charge >= 0.3 is 5.97 Å². The molecule has 0 fully saturated rings. The SMILES string of the molecule is CC(C)(C)NC(=O)COC(=O)Cn1ccc(N)n1. The van der Waals surface area contributed by atoms with Crippen molar-refractivity contribution in [1.29, 1.82) is 0 Å². The van der Waals surface area contributed by atoms with Crippen molar-refractivity contribution in [3.63, 3.8) is 0 Å². The van der Waals surface area contributed by atoms with Gasteiger partial charge in [0.2, 0.25) is 0 Å². The average molecular weight is 254 g/mol. The largest absolute Gasteiger partial charge is 0.454 e. The monoisotopic (exact) mass is 254 g/mol. The molecule has 7 nitrogen and oxygen atoms in total. The van der Waals surface area contributed by atoms with Crippen LogP contribution in [0.4, 0.5) is 5.82 Å². The molecule has 1 rings (SSSR count). The molecule has 1 aromatic heterocycles. The molecule has 0 radical (unpaired) electrons. The number of nitrogens with two attached hydrogens (primary N) is 1. The zero-order valence-corrected chi connectivity index (χ0v) is 10.8. The van der Waals surface area contributed by atoms with Crippen molar-refractivity contribution in [3.05, 3.63) is 12.3 Å². The molecule has 0 bridgehead atoms. The Balaban J connectivity index is 2.31. The number of carbonyl (C=O) groups is 2. The minimum Gasteiger partial charge on any atom is -0.454 e. The highest BCUT2D eigenvalue weighted by atomic mass is 16.5. The number of nitrogen functional groups attached to an aromatic ring is 1. The highest BCUT2D eigenvalue weighted by Crippen LogP contribution is 1.99. The summed E-state index contributed by atoms with van der Waals surface area (Å²) in [7, 11) is 0. The molecule has 0 aliphatic heterocycles. The molecule has 0 saturated heterocycles. The fourth-order valence-electron chi connectivity index (χ4n) is 1.24. The fourth-order valence-corrected chi connectivity index (χ4v) is 1.24. The van der Waals surface area contributed by atoms with E-state index < -0.39 is 5.97 Å². The Morgan fingerprint density at radius 3 is 2.67 bits per heavy atom. The Bertz CT molecular complexity index is 434. The molecule has 0 aromatic carbocycles. The summed E-state index contributed by atoms with van der Waals surface area (Å²) in [6.45, 7) is 5.17. The first kappa shape index (κ1) is 14.0. The van der Waals surface area contributed by atoms with E-state index in [1.807, 2.05) is 20.8 Å². The summed E-state index contributed by atoms with van der Waals surface area (Å²) < 4.78 is 6.16. The molecule has 0 unspecified atom stereocenters. The molecule has 1 heterocycles. The number of hydrogen-bond donors (Lipinski definition) is 2. The zero-order valence-electron chi connectivity index (χ0n) is 10.8. The van der Waals surface area contributed by atoms with E-state index in [1.165, 1.54) is 4.68 Å². The lowest BCUT2D eigenvalue weighted by Crippen LogP contribution is -2.42. The van der Waals surface area contributed by atoms with E-state index in [0.717, 1.165) is 0 Å². The van der Waals surface area contributed by atoms with Crippen LogP contribution in [0.1, 0.15) is 20.8 Å². The van der Waals surface area contributed by atoms with E-state index >= 15 is 0 Å². The predicted molar refractivity (Wildman–Crippen MR) is 65.5 cm³/mol. The first-order valence-corrected chi connectivity index (χ1v) is 5.52. The van der Waals surface area contributed by atoms with E-state index in [1.54, 1.807) is 12.3 Å². The number of esters is 1. The van der Waals surface area contributed by atoms with Gasteiger partial charge in [0.1, 0.15) is 12.4 Å². The molecule has 100 valence electrons. The quantitative estimate of drug-likeness (QED) is 0.732. The Hall–Kier alpha value is -2.05. The van der Waals surface area contributed by atoms with E-state index in [4.69, 9.17) is 10.5 Å². The van der Waals surface area contributed by atoms with Gasteiger partial charge in [0, 0.05) is 11.7 Å². The number of nitrogens with one attached hydrogen (secondary N) is 1. The maximum atomic E-state index is 11.4. The number of aromatic nitrogens is 2. The lowest BCUT2D eigenvalue weighted by molar-refractivity contribution is -0.149. The van der Waals surface area contributed by atoms with Crippen LogP contribution in [-0.2, 0) is 20.9 Å². The van der Waals surface area contributed by atoms with Crippen molar-refractivity contribution >= 4 is 17.7 Å². The fraction of sp³-hybridized carbons (Fsp3) is 0.545. The normalized spacial score (nSPS) is 11.1. The molecular weight excluding hydrogens is 236 g/mol. The smallest absolute Gasteiger partial charge is 0.328 e. The molecule has 1 amide bonds.